The minimum absolute atomic E-state index is 0.196. The molecule has 0 saturated carbocycles. The number of benzene rings is 1. The number of aromatic nitrogens is 4. The van der Waals surface area contributed by atoms with Gasteiger partial charge in [0.15, 0.2) is 0 Å². The summed E-state index contributed by atoms with van der Waals surface area (Å²) in [6, 6.07) is 1.31. The van der Waals surface area contributed by atoms with Crippen LogP contribution in [-0.2, 0) is 16.6 Å². The number of tetrazole rings is 1. The van der Waals surface area contributed by atoms with E-state index in [0.29, 0.717) is 16.8 Å². The smallest absolute Gasteiger partial charge is 0.352 e. The molecule has 2 aliphatic heterocycles. The van der Waals surface area contributed by atoms with Crippen molar-refractivity contribution in [1.82, 2.24) is 30.4 Å². The molecule has 2 aliphatic rings. The van der Waals surface area contributed by atoms with Gasteiger partial charge in [-0.25, -0.2) is 9.48 Å². The van der Waals surface area contributed by atoms with Gasteiger partial charge in [0.05, 0.1) is 21.5 Å². The minimum atomic E-state index is -1.31. The summed E-state index contributed by atoms with van der Waals surface area (Å²) in [5.74, 6) is -2.46. The van der Waals surface area contributed by atoms with Crippen LogP contribution in [-0.4, -0.2) is 80.8 Å². The molecule has 1 aromatic heterocycles. The fourth-order valence-corrected chi connectivity index (χ4v) is 5.79. The van der Waals surface area contributed by atoms with E-state index in [9.17, 15) is 39.7 Å². The van der Waals surface area contributed by atoms with Gasteiger partial charge >= 0.3 is 5.97 Å². The van der Waals surface area contributed by atoms with Crippen LogP contribution < -0.4 is 5.32 Å². The lowest BCUT2D eigenvalue weighted by Crippen LogP contribution is -2.70. The number of hydrogen-bond donors (Lipinski definition) is 2. The van der Waals surface area contributed by atoms with E-state index in [1.807, 2.05) is 0 Å². The molecule has 0 radical (unpaired) electrons. The van der Waals surface area contributed by atoms with Gasteiger partial charge in [-0.1, -0.05) is 11.8 Å². The molecule has 2 aromatic rings. The van der Waals surface area contributed by atoms with E-state index >= 15 is 0 Å². The summed E-state index contributed by atoms with van der Waals surface area (Å²) in [5, 5.41) is 45.0. The van der Waals surface area contributed by atoms with Crippen molar-refractivity contribution in [2.24, 2.45) is 7.05 Å². The summed E-state index contributed by atoms with van der Waals surface area (Å²) >= 11 is 2.43. The van der Waals surface area contributed by atoms with E-state index in [-0.39, 0.29) is 22.8 Å². The third kappa shape index (κ3) is 4.52. The summed E-state index contributed by atoms with van der Waals surface area (Å²) in [7, 11) is 1.63. The van der Waals surface area contributed by atoms with Crippen molar-refractivity contribution in [2.75, 3.05) is 11.5 Å². The Bertz CT molecular complexity index is 1280. The van der Waals surface area contributed by atoms with E-state index < -0.39 is 50.4 Å². The maximum absolute atomic E-state index is 12.8. The van der Waals surface area contributed by atoms with E-state index in [1.54, 1.807) is 7.05 Å². The number of thioether (sulfide) groups is 2. The van der Waals surface area contributed by atoms with Crippen LogP contribution in [0.5, 0.6) is 0 Å². The van der Waals surface area contributed by atoms with Gasteiger partial charge in [0.25, 0.3) is 23.2 Å². The Hall–Kier alpha value is -4.06. The first-order valence-corrected chi connectivity index (χ1v) is 11.6. The second-order valence-electron chi connectivity index (χ2n) is 7.24. The second-order valence-corrected chi connectivity index (χ2v) is 9.29. The van der Waals surface area contributed by atoms with Crippen LogP contribution in [0, 0.1) is 20.2 Å². The Morgan fingerprint density at radius 1 is 1.26 bits per heavy atom. The summed E-state index contributed by atoms with van der Waals surface area (Å²) in [6.07, 6.45) is 0. The normalized spacial score (nSPS) is 19.1. The number of β-lactam (4-membered cyclic amide) rings is 1. The lowest BCUT2D eigenvalue weighted by molar-refractivity contribution is -0.394. The SMILES string of the molecule is Cn1nnnc1SCC1=C(C(=O)O)N2C(=O)C(NC(=O)c3cc([N+](=O)[O-])cc([N+](=O)[O-])c3)C2SC1. The number of fused-ring (bicyclic) bond motifs is 1. The summed E-state index contributed by atoms with van der Waals surface area (Å²) in [4.78, 5) is 58.9. The van der Waals surface area contributed by atoms with E-state index in [1.165, 1.54) is 28.2 Å². The van der Waals surface area contributed by atoms with E-state index in [2.05, 4.69) is 20.8 Å². The highest BCUT2D eigenvalue weighted by Gasteiger charge is 2.54. The summed E-state index contributed by atoms with van der Waals surface area (Å²) in [6.45, 7) is 0. The molecule has 4 rings (SSSR count). The minimum Gasteiger partial charge on any atom is -0.477 e. The number of nitrogens with one attached hydrogen (secondary N) is 1. The lowest BCUT2D eigenvalue weighted by Gasteiger charge is -2.49. The first-order valence-electron chi connectivity index (χ1n) is 9.58. The number of carboxylic acid groups (broad SMARTS) is 1. The van der Waals surface area contributed by atoms with Crippen molar-refractivity contribution in [3.8, 4) is 0 Å². The first-order chi connectivity index (χ1) is 16.6. The van der Waals surface area contributed by atoms with Crippen molar-refractivity contribution >= 4 is 52.7 Å². The third-order valence-electron chi connectivity index (χ3n) is 5.08. The van der Waals surface area contributed by atoms with Gasteiger partial charge in [-0.15, -0.1) is 16.9 Å². The van der Waals surface area contributed by atoms with Gasteiger partial charge in [0.1, 0.15) is 17.1 Å². The number of nitro groups is 2. The molecule has 2 amide bonds. The summed E-state index contributed by atoms with van der Waals surface area (Å²) in [5.41, 5.74) is -1.41. The Labute approximate surface area is 203 Å². The van der Waals surface area contributed by atoms with E-state index in [0.717, 1.165) is 17.0 Å². The largest absolute Gasteiger partial charge is 0.477 e. The van der Waals surface area contributed by atoms with Gasteiger partial charge in [0, 0.05) is 30.7 Å². The third-order valence-corrected chi connectivity index (χ3v) is 7.52. The lowest BCUT2D eigenvalue weighted by atomic mass is 10.0. The molecule has 2 unspecified atom stereocenters. The maximum Gasteiger partial charge on any atom is 0.352 e. The highest BCUT2D eigenvalue weighted by molar-refractivity contribution is 8.01. The van der Waals surface area contributed by atoms with Crippen LogP contribution in [0.1, 0.15) is 10.4 Å². The number of hydrogen-bond acceptors (Lipinski definition) is 12. The summed E-state index contributed by atoms with van der Waals surface area (Å²) < 4.78 is 1.42. The standard InChI is InChI=1S/C17H14N8O8S2/c1-22-17(19-20-21-22)35-6-8-5-34-15-11(14(27)23(15)12(8)16(28)29)18-13(26)7-2-9(24(30)31)4-10(3-7)25(32)33/h2-4,11,15H,5-6H2,1H3,(H,18,26)(H,28,29). The number of nitrogens with zero attached hydrogens (tertiary/aromatic N) is 7. The molecule has 0 spiro atoms. The molecular weight excluding hydrogens is 508 g/mol. The van der Waals surface area contributed by atoms with Gasteiger partial charge in [0.2, 0.25) is 5.16 Å². The van der Waals surface area contributed by atoms with Crippen molar-refractivity contribution in [3.63, 3.8) is 0 Å². The predicted octanol–water partition coefficient (Wildman–Crippen LogP) is 0.171. The molecule has 1 aromatic carbocycles. The van der Waals surface area contributed by atoms with Crippen LogP contribution in [0.2, 0.25) is 0 Å². The number of aliphatic carboxylic acids is 1. The van der Waals surface area contributed by atoms with Crippen LogP contribution in [0.25, 0.3) is 0 Å². The Morgan fingerprint density at radius 2 is 1.91 bits per heavy atom. The number of carbonyl (C=O) groups is 3. The predicted molar refractivity (Wildman–Crippen MR) is 118 cm³/mol. The Morgan fingerprint density at radius 3 is 2.46 bits per heavy atom. The van der Waals surface area contributed by atoms with Crippen molar-refractivity contribution in [3.05, 3.63) is 55.3 Å². The van der Waals surface area contributed by atoms with Crippen LogP contribution >= 0.6 is 23.5 Å². The Balaban J connectivity index is 1.52. The molecule has 0 aliphatic carbocycles. The zero-order valence-electron chi connectivity index (χ0n) is 17.6. The van der Waals surface area contributed by atoms with Crippen molar-refractivity contribution < 1.29 is 29.3 Å². The number of nitro benzene ring substituents is 2. The van der Waals surface area contributed by atoms with Gasteiger partial charge in [-0.3, -0.25) is 34.7 Å². The fraction of sp³-hybridized carbons (Fsp3) is 0.294. The molecule has 1 saturated heterocycles. The average Bonchev–Trinajstić information content (AvgIpc) is 3.24. The zero-order chi connectivity index (χ0) is 25.4. The van der Waals surface area contributed by atoms with Crippen molar-refractivity contribution in [1.29, 1.82) is 0 Å². The van der Waals surface area contributed by atoms with Crippen LogP contribution in [0.4, 0.5) is 11.4 Å². The maximum atomic E-state index is 12.8. The van der Waals surface area contributed by atoms with E-state index in [4.69, 9.17) is 0 Å². The molecule has 35 heavy (non-hydrogen) atoms. The molecular formula is C17H14N8O8S2. The van der Waals surface area contributed by atoms with Gasteiger partial charge in [-0.2, -0.15) is 0 Å². The van der Waals surface area contributed by atoms with Crippen molar-refractivity contribution in [2.45, 2.75) is 16.6 Å². The molecule has 0 bridgehead atoms. The molecule has 182 valence electrons. The Kier molecular flexibility index (Phi) is 6.39. The number of carbonyl (C=O) groups excluding carboxylic acids is 2. The first kappa shape index (κ1) is 24.1. The number of aryl methyl sites for hydroxylation is 1. The molecule has 3 heterocycles. The number of rotatable bonds is 8. The fourth-order valence-electron chi connectivity index (χ4n) is 3.45. The highest BCUT2D eigenvalue weighted by atomic mass is 32.2. The topological polar surface area (TPSA) is 217 Å². The zero-order valence-corrected chi connectivity index (χ0v) is 19.2. The monoisotopic (exact) mass is 522 g/mol. The molecule has 16 nitrogen and oxygen atoms in total. The number of non-ortho nitro benzene ring substituents is 2. The second kappa shape index (κ2) is 9.29. The number of carboxylic acids is 1. The number of amides is 2. The average molecular weight is 522 g/mol. The quantitative estimate of drug-likeness (QED) is 0.205. The molecule has 2 N–H and O–H groups in total. The van der Waals surface area contributed by atoms with Crippen LogP contribution in [0.15, 0.2) is 34.6 Å². The van der Waals surface area contributed by atoms with Gasteiger partial charge in [-0.05, 0) is 16.0 Å². The highest BCUT2D eigenvalue weighted by Crippen LogP contribution is 2.41. The molecule has 18 heteroatoms. The van der Waals surface area contributed by atoms with Crippen LogP contribution in [0.3, 0.4) is 0 Å². The van der Waals surface area contributed by atoms with Gasteiger partial charge < -0.3 is 10.4 Å². The molecule has 1 fully saturated rings. The molecule has 2 atom stereocenters.